The normalized spacial score (nSPS) is 26.9. The number of hydrazone groups is 1. The molecule has 0 spiro atoms. The predicted molar refractivity (Wildman–Crippen MR) is 91.2 cm³/mol. The molecule has 0 aromatic rings. The van der Waals surface area contributed by atoms with Crippen LogP contribution >= 0.6 is 0 Å². The monoisotopic (exact) mass is 333 g/mol. The fraction of sp³-hybridized carbons (Fsp3) is 0.688. The van der Waals surface area contributed by atoms with E-state index in [4.69, 9.17) is 0 Å². The molecule has 130 valence electrons. The van der Waals surface area contributed by atoms with Crippen LogP contribution in [-0.2, 0) is 4.79 Å². The van der Waals surface area contributed by atoms with Gasteiger partial charge >= 0.3 is 12.0 Å². The Kier molecular flexibility index (Phi) is 3.93. The maximum Gasteiger partial charge on any atom is 0.416 e. The molecular weight excluding hydrogens is 308 g/mol. The van der Waals surface area contributed by atoms with Crippen LogP contribution in [0, 0.1) is 5.92 Å². The minimum Gasteiger partial charge on any atom is -0.270 e. The second-order valence-corrected chi connectivity index (χ2v) is 6.90. The zero-order valence-electron chi connectivity index (χ0n) is 15.1. The number of carbonyl (C=O) groups is 2. The van der Waals surface area contributed by atoms with E-state index in [1.807, 2.05) is 30.4 Å². The Hall–Kier alpha value is -2.25. The molecule has 24 heavy (non-hydrogen) atoms. The van der Waals surface area contributed by atoms with Crippen LogP contribution in [0.1, 0.15) is 34.6 Å². The zero-order chi connectivity index (χ0) is 17.8. The van der Waals surface area contributed by atoms with E-state index in [-0.39, 0.29) is 18.0 Å². The van der Waals surface area contributed by atoms with Gasteiger partial charge in [-0.1, -0.05) is 18.8 Å². The first kappa shape index (κ1) is 16.6. The number of hydrogen-bond acceptors (Lipinski definition) is 5. The quantitative estimate of drug-likeness (QED) is 0.717. The lowest BCUT2D eigenvalue weighted by atomic mass is 10.1. The molecule has 3 aliphatic rings. The summed E-state index contributed by atoms with van der Waals surface area (Å²) in [7, 11) is 1.67. The standard InChI is InChI=1S/C16H25N6O2/c1-7-20-14(23)12-13(19(6)16(20)24)17-15-21(8-9(2)3)18-10(4)11(5)22(12)15/h9,11-12H,7-8H2,1-6H3/q+1. The Balaban J connectivity index is 2.08. The Labute approximate surface area is 142 Å². The van der Waals surface area contributed by atoms with Gasteiger partial charge in [0.2, 0.25) is 11.9 Å². The lowest BCUT2D eigenvalue weighted by molar-refractivity contribution is -0.559. The largest absolute Gasteiger partial charge is 0.416 e. The second-order valence-electron chi connectivity index (χ2n) is 6.90. The summed E-state index contributed by atoms with van der Waals surface area (Å²) in [5.41, 5.74) is 0.936. The van der Waals surface area contributed by atoms with Gasteiger partial charge in [-0.2, -0.15) is 0 Å². The number of nitrogens with zero attached hydrogens (tertiary/aromatic N) is 6. The van der Waals surface area contributed by atoms with Crippen molar-refractivity contribution in [1.82, 2.24) is 14.8 Å². The molecule has 3 rings (SSSR count). The highest BCUT2D eigenvalue weighted by atomic mass is 16.2. The van der Waals surface area contributed by atoms with E-state index in [9.17, 15) is 9.59 Å². The van der Waals surface area contributed by atoms with Gasteiger partial charge < -0.3 is 0 Å². The number of urea groups is 1. The van der Waals surface area contributed by atoms with Crippen molar-refractivity contribution in [3.8, 4) is 0 Å². The van der Waals surface area contributed by atoms with Crippen molar-refractivity contribution < 1.29 is 14.2 Å². The maximum atomic E-state index is 12.9. The number of amidine groups is 1. The predicted octanol–water partition coefficient (Wildman–Crippen LogP) is 0.786. The Morgan fingerprint density at radius 2 is 1.96 bits per heavy atom. The highest BCUT2D eigenvalue weighted by Crippen LogP contribution is 2.25. The molecule has 3 heterocycles. The molecule has 2 atom stereocenters. The fourth-order valence-electron chi connectivity index (χ4n) is 3.34. The summed E-state index contributed by atoms with van der Waals surface area (Å²) < 4.78 is 1.99. The summed E-state index contributed by atoms with van der Waals surface area (Å²) in [6, 6.07) is -0.921. The van der Waals surface area contributed by atoms with Gasteiger partial charge in [0.1, 0.15) is 6.04 Å². The average Bonchev–Trinajstić information content (AvgIpc) is 2.91. The minimum absolute atomic E-state index is 0.0427. The summed E-state index contributed by atoms with van der Waals surface area (Å²) in [5, 5.41) is 6.50. The van der Waals surface area contributed by atoms with Gasteiger partial charge in [-0.15, -0.1) is 10.1 Å². The molecule has 3 amide bonds. The van der Waals surface area contributed by atoms with Gasteiger partial charge in [-0.25, -0.2) is 9.37 Å². The number of carbonyl (C=O) groups excluding carboxylic acids is 2. The first-order valence-corrected chi connectivity index (χ1v) is 8.43. The van der Waals surface area contributed by atoms with Crippen LogP contribution in [0.3, 0.4) is 0 Å². The average molecular weight is 333 g/mol. The van der Waals surface area contributed by atoms with Crippen molar-refractivity contribution in [3.63, 3.8) is 0 Å². The van der Waals surface area contributed by atoms with Crippen LogP contribution in [0.25, 0.3) is 0 Å². The van der Waals surface area contributed by atoms with Crippen LogP contribution < -0.4 is 0 Å². The van der Waals surface area contributed by atoms with Crippen LogP contribution in [0.4, 0.5) is 4.79 Å². The summed E-state index contributed by atoms with van der Waals surface area (Å²) in [6.07, 6.45) is 0. The van der Waals surface area contributed by atoms with E-state index in [2.05, 4.69) is 23.9 Å². The number of likely N-dealkylation sites (N-methyl/N-ethyl adjacent to an activating group) is 2. The number of imide groups is 1. The summed E-state index contributed by atoms with van der Waals surface area (Å²) in [6.45, 7) is 11.1. The molecule has 1 saturated heterocycles. The lowest BCUT2D eigenvalue weighted by Crippen LogP contribution is -2.64. The molecule has 8 nitrogen and oxygen atoms in total. The van der Waals surface area contributed by atoms with Crippen molar-refractivity contribution in [2.24, 2.45) is 16.0 Å². The molecule has 0 aromatic carbocycles. The molecule has 0 radical (unpaired) electrons. The highest BCUT2D eigenvalue weighted by molar-refractivity contribution is 6.23. The third kappa shape index (κ3) is 2.23. The van der Waals surface area contributed by atoms with Crippen molar-refractivity contribution in [3.05, 3.63) is 0 Å². The molecule has 0 aliphatic carbocycles. The molecule has 0 aromatic heterocycles. The number of amides is 3. The van der Waals surface area contributed by atoms with Crippen molar-refractivity contribution in [1.29, 1.82) is 0 Å². The van der Waals surface area contributed by atoms with E-state index < -0.39 is 6.04 Å². The molecular formula is C16H25N6O2+. The third-order valence-corrected chi connectivity index (χ3v) is 4.72. The SMILES string of the molecule is CCN1C(=O)C2C(=NC3=[N+]2C(C)C(C)=NN3CC(C)C)N(C)C1=O. The van der Waals surface area contributed by atoms with Gasteiger partial charge in [0.05, 0.1) is 12.3 Å². The number of fused-ring (bicyclic) bond motifs is 2. The summed E-state index contributed by atoms with van der Waals surface area (Å²) >= 11 is 0. The number of rotatable bonds is 3. The lowest BCUT2D eigenvalue weighted by Gasteiger charge is -2.35. The zero-order valence-corrected chi connectivity index (χ0v) is 15.1. The van der Waals surface area contributed by atoms with Crippen LogP contribution in [0.15, 0.2) is 10.1 Å². The fourth-order valence-corrected chi connectivity index (χ4v) is 3.34. The van der Waals surface area contributed by atoms with Gasteiger partial charge in [-0.05, 0) is 26.7 Å². The van der Waals surface area contributed by atoms with Crippen molar-refractivity contribution >= 4 is 29.4 Å². The van der Waals surface area contributed by atoms with Crippen LogP contribution in [0.2, 0.25) is 0 Å². The third-order valence-electron chi connectivity index (χ3n) is 4.72. The summed E-state index contributed by atoms with van der Waals surface area (Å²) in [4.78, 5) is 32.7. The molecule has 1 fully saturated rings. The van der Waals surface area contributed by atoms with Gasteiger partial charge in [0, 0.05) is 13.6 Å². The van der Waals surface area contributed by atoms with Crippen molar-refractivity contribution in [2.75, 3.05) is 20.1 Å². The van der Waals surface area contributed by atoms with Crippen LogP contribution in [0.5, 0.6) is 0 Å². The van der Waals surface area contributed by atoms with E-state index in [1.165, 1.54) is 9.80 Å². The topological polar surface area (TPSA) is 71.6 Å². The van der Waals surface area contributed by atoms with Gasteiger partial charge in [0.25, 0.3) is 5.91 Å². The molecule has 0 bridgehead atoms. The minimum atomic E-state index is -0.558. The van der Waals surface area contributed by atoms with E-state index in [0.717, 1.165) is 5.71 Å². The molecule has 0 N–H and O–H groups in total. The van der Waals surface area contributed by atoms with E-state index in [0.29, 0.717) is 30.8 Å². The Morgan fingerprint density at radius 3 is 2.54 bits per heavy atom. The first-order valence-electron chi connectivity index (χ1n) is 8.43. The molecule has 8 heteroatoms. The number of guanidine groups is 1. The van der Waals surface area contributed by atoms with Crippen molar-refractivity contribution in [2.45, 2.75) is 46.7 Å². The number of hydrogen-bond donors (Lipinski definition) is 0. The second kappa shape index (κ2) is 5.68. The Morgan fingerprint density at radius 1 is 1.29 bits per heavy atom. The Bertz CT molecular complexity index is 693. The smallest absolute Gasteiger partial charge is 0.270 e. The molecule has 0 saturated carbocycles. The summed E-state index contributed by atoms with van der Waals surface area (Å²) in [5.74, 6) is 1.35. The van der Waals surface area contributed by atoms with Crippen LogP contribution in [-0.4, -0.2) is 81.1 Å². The van der Waals surface area contributed by atoms with Gasteiger partial charge in [0.15, 0.2) is 0 Å². The van der Waals surface area contributed by atoms with Gasteiger partial charge in [-0.3, -0.25) is 14.6 Å². The van der Waals surface area contributed by atoms with E-state index in [1.54, 1.807) is 7.05 Å². The molecule has 3 aliphatic heterocycles. The first-order chi connectivity index (χ1) is 11.3. The maximum absolute atomic E-state index is 12.9. The number of aliphatic imine (C=N–C) groups is 1. The van der Waals surface area contributed by atoms with E-state index >= 15 is 0 Å². The highest BCUT2D eigenvalue weighted by Gasteiger charge is 2.55. The molecule has 2 unspecified atom stereocenters.